The van der Waals surface area contributed by atoms with Crippen LogP contribution in [0.2, 0.25) is 0 Å². The summed E-state index contributed by atoms with van der Waals surface area (Å²) in [7, 11) is 1.54. The van der Waals surface area contributed by atoms with Crippen LogP contribution in [0.15, 0.2) is 39.3 Å². The average molecular weight is 326 g/mol. The van der Waals surface area contributed by atoms with Crippen molar-refractivity contribution in [1.82, 2.24) is 4.57 Å². The monoisotopic (exact) mass is 326 g/mol. The van der Waals surface area contributed by atoms with Crippen molar-refractivity contribution in [2.24, 2.45) is 10.2 Å². The summed E-state index contributed by atoms with van der Waals surface area (Å²) in [4.78, 5) is 12.5. The van der Waals surface area contributed by atoms with Crippen LogP contribution in [-0.4, -0.2) is 16.8 Å². The van der Waals surface area contributed by atoms with Crippen LogP contribution in [0.4, 0.5) is 11.4 Å². The van der Waals surface area contributed by atoms with Crippen LogP contribution < -0.4 is 10.3 Å². The van der Waals surface area contributed by atoms with E-state index in [4.69, 9.17) is 4.74 Å². The van der Waals surface area contributed by atoms with Crippen LogP contribution in [0.25, 0.3) is 0 Å². The SMILES string of the molecule is CCCn1c(O)c(C#N)c(C)c(N=Nc2cccc(OC)c2)c1=O. The third-order valence-electron chi connectivity index (χ3n) is 3.54. The van der Waals surface area contributed by atoms with Gasteiger partial charge in [-0.1, -0.05) is 13.0 Å². The van der Waals surface area contributed by atoms with Gasteiger partial charge in [-0.2, -0.15) is 10.4 Å². The van der Waals surface area contributed by atoms with E-state index in [1.54, 1.807) is 38.3 Å². The van der Waals surface area contributed by atoms with Crippen LogP contribution in [0.5, 0.6) is 11.6 Å². The molecule has 1 aromatic heterocycles. The van der Waals surface area contributed by atoms with Crippen LogP contribution in [0.3, 0.4) is 0 Å². The van der Waals surface area contributed by atoms with Crippen molar-refractivity contribution in [1.29, 1.82) is 5.26 Å². The second kappa shape index (κ2) is 7.42. The van der Waals surface area contributed by atoms with Crippen LogP contribution in [0.1, 0.15) is 24.5 Å². The molecule has 0 radical (unpaired) electrons. The molecule has 0 saturated carbocycles. The fraction of sp³-hybridized carbons (Fsp3) is 0.294. The molecule has 7 heteroatoms. The van der Waals surface area contributed by atoms with Gasteiger partial charge in [-0.05, 0) is 25.5 Å². The lowest BCUT2D eigenvalue weighted by Gasteiger charge is -2.11. The van der Waals surface area contributed by atoms with Crippen molar-refractivity contribution >= 4 is 11.4 Å². The number of hydrogen-bond donors (Lipinski definition) is 1. The lowest BCUT2D eigenvalue weighted by atomic mass is 10.1. The summed E-state index contributed by atoms with van der Waals surface area (Å²) in [6, 6.07) is 8.84. The van der Waals surface area contributed by atoms with Gasteiger partial charge < -0.3 is 9.84 Å². The third-order valence-corrected chi connectivity index (χ3v) is 3.54. The van der Waals surface area contributed by atoms with Gasteiger partial charge in [0.05, 0.1) is 12.8 Å². The first-order valence-electron chi connectivity index (χ1n) is 7.45. The lowest BCUT2D eigenvalue weighted by Crippen LogP contribution is -2.21. The van der Waals surface area contributed by atoms with E-state index in [0.717, 1.165) is 4.57 Å². The largest absolute Gasteiger partial charge is 0.497 e. The highest BCUT2D eigenvalue weighted by Gasteiger charge is 2.18. The van der Waals surface area contributed by atoms with Gasteiger partial charge in [0.15, 0.2) is 5.69 Å². The molecule has 1 aromatic carbocycles. The summed E-state index contributed by atoms with van der Waals surface area (Å²) in [5, 5.41) is 27.4. The topological polar surface area (TPSA) is 100.0 Å². The van der Waals surface area contributed by atoms with Gasteiger partial charge in [-0.3, -0.25) is 9.36 Å². The van der Waals surface area contributed by atoms with Gasteiger partial charge in [0.25, 0.3) is 5.56 Å². The number of ether oxygens (including phenoxy) is 1. The molecule has 0 saturated heterocycles. The molecule has 1 N–H and O–H groups in total. The van der Waals surface area contributed by atoms with Crippen molar-refractivity contribution in [3.63, 3.8) is 0 Å². The minimum Gasteiger partial charge on any atom is -0.497 e. The predicted octanol–water partition coefficient (Wildman–Crippen LogP) is 3.57. The van der Waals surface area contributed by atoms with Gasteiger partial charge in [-0.25, -0.2) is 0 Å². The van der Waals surface area contributed by atoms with Crippen LogP contribution in [0, 0.1) is 18.3 Å². The highest BCUT2D eigenvalue weighted by Crippen LogP contribution is 2.27. The van der Waals surface area contributed by atoms with E-state index >= 15 is 0 Å². The van der Waals surface area contributed by atoms with E-state index in [0.29, 0.717) is 30.0 Å². The molecule has 7 nitrogen and oxygen atoms in total. The number of azo groups is 1. The fourth-order valence-corrected chi connectivity index (χ4v) is 2.27. The van der Waals surface area contributed by atoms with Gasteiger partial charge in [0.1, 0.15) is 17.4 Å². The van der Waals surface area contributed by atoms with Gasteiger partial charge in [0.2, 0.25) is 5.88 Å². The second-order valence-corrected chi connectivity index (χ2v) is 5.14. The fourth-order valence-electron chi connectivity index (χ4n) is 2.27. The molecule has 0 aliphatic rings. The second-order valence-electron chi connectivity index (χ2n) is 5.14. The van der Waals surface area contributed by atoms with Crippen molar-refractivity contribution < 1.29 is 9.84 Å². The summed E-state index contributed by atoms with van der Waals surface area (Å²) < 4.78 is 6.26. The van der Waals surface area contributed by atoms with E-state index < -0.39 is 5.56 Å². The molecule has 0 aliphatic heterocycles. The number of pyridine rings is 1. The number of aromatic nitrogens is 1. The summed E-state index contributed by atoms with van der Waals surface area (Å²) >= 11 is 0. The first-order chi connectivity index (χ1) is 11.5. The summed E-state index contributed by atoms with van der Waals surface area (Å²) in [6.45, 7) is 3.73. The van der Waals surface area contributed by atoms with Gasteiger partial charge >= 0.3 is 0 Å². The minimum atomic E-state index is -0.475. The molecular formula is C17H18N4O3. The number of nitriles is 1. The maximum atomic E-state index is 12.5. The Morgan fingerprint density at radius 1 is 1.38 bits per heavy atom. The Bertz CT molecular complexity index is 879. The molecule has 0 atom stereocenters. The number of rotatable bonds is 5. The molecule has 2 rings (SSSR count). The van der Waals surface area contributed by atoms with E-state index in [9.17, 15) is 15.2 Å². The van der Waals surface area contributed by atoms with E-state index in [1.807, 2.05) is 13.0 Å². The highest BCUT2D eigenvalue weighted by molar-refractivity contribution is 5.56. The first-order valence-corrected chi connectivity index (χ1v) is 7.45. The molecule has 24 heavy (non-hydrogen) atoms. The van der Waals surface area contributed by atoms with Gasteiger partial charge in [-0.15, -0.1) is 5.11 Å². The minimum absolute atomic E-state index is 0.0302. The zero-order chi connectivity index (χ0) is 17.7. The Morgan fingerprint density at radius 3 is 2.75 bits per heavy atom. The Morgan fingerprint density at radius 2 is 2.12 bits per heavy atom. The van der Waals surface area contributed by atoms with E-state index in [-0.39, 0.29) is 17.1 Å². The maximum Gasteiger partial charge on any atom is 0.281 e. The molecule has 0 fully saturated rings. The molecule has 0 bridgehead atoms. The average Bonchev–Trinajstić information content (AvgIpc) is 2.59. The molecule has 0 spiro atoms. The third kappa shape index (κ3) is 3.27. The number of aromatic hydroxyl groups is 1. The zero-order valence-corrected chi connectivity index (χ0v) is 13.8. The van der Waals surface area contributed by atoms with Crippen molar-refractivity contribution in [3.8, 4) is 17.7 Å². The van der Waals surface area contributed by atoms with Crippen molar-refractivity contribution in [3.05, 3.63) is 45.7 Å². The van der Waals surface area contributed by atoms with E-state index in [1.165, 1.54) is 0 Å². The zero-order valence-electron chi connectivity index (χ0n) is 13.8. The summed E-state index contributed by atoms with van der Waals surface area (Å²) in [5.74, 6) is 0.289. The molecule has 0 unspecified atom stereocenters. The molecule has 124 valence electrons. The molecular weight excluding hydrogens is 308 g/mol. The molecule has 0 amide bonds. The smallest absolute Gasteiger partial charge is 0.281 e. The summed E-state index contributed by atoms with van der Waals surface area (Å²) in [5.41, 5.74) is 0.418. The number of nitrogens with zero attached hydrogens (tertiary/aromatic N) is 4. The number of hydrogen-bond acceptors (Lipinski definition) is 6. The Balaban J connectivity index is 2.57. The van der Waals surface area contributed by atoms with Gasteiger partial charge in [0, 0.05) is 18.2 Å². The normalized spacial score (nSPS) is 10.8. The van der Waals surface area contributed by atoms with Crippen molar-refractivity contribution in [2.75, 3.05) is 7.11 Å². The molecule has 0 aliphatic carbocycles. The Labute approximate surface area is 139 Å². The highest BCUT2D eigenvalue weighted by atomic mass is 16.5. The summed E-state index contributed by atoms with van der Waals surface area (Å²) in [6.07, 6.45) is 0.633. The Kier molecular flexibility index (Phi) is 5.32. The van der Waals surface area contributed by atoms with Crippen molar-refractivity contribution in [2.45, 2.75) is 26.8 Å². The number of benzene rings is 1. The predicted molar refractivity (Wildman–Crippen MR) is 89.3 cm³/mol. The van der Waals surface area contributed by atoms with E-state index in [2.05, 4.69) is 10.2 Å². The molecule has 1 heterocycles. The first kappa shape index (κ1) is 17.2. The van der Waals surface area contributed by atoms with Crippen LogP contribution >= 0.6 is 0 Å². The Hall–Kier alpha value is -3.14. The maximum absolute atomic E-state index is 12.5. The lowest BCUT2D eigenvalue weighted by molar-refractivity contribution is 0.402. The quantitative estimate of drug-likeness (QED) is 0.849. The molecule has 2 aromatic rings. The standard InChI is InChI=1S/C17H18N4O3/c1-4-8-21-16(22)14(10-18)11(2)15(17(21)23)20-19-12-6-5-7-13(9-12)24-3/h5-7,9,22H,4,8H2,1-3H3. The number of methoxy groups -OCH3 is 1. The van der Waals surface area contributed by atoms with Crippen LogP contribution in [-0.2, 0) is 6.54 Å².